The van der Waals surface area contributed by atoms with E-state index in [1.165, 1.54) is 12.1 Å². The standard InChI is InChI=1S/C13H18N4O4/c14-16-11-5-1-4-10(12(11)17(19)20)13(18)15-7-9-3-2-6-21-8-9/h1,4-5,9,16H,2-3,6-8,14H2,(H,15,18). The van der Waals surface area contributed by atoms with Crippen molar-refractivity contribution in [2.45, 2.75) is 12.8 Å². The molecule has 1 atom stereocenters. The molecule has 0 aliphatic carbocycles. The lowest BCUT2D eigenvalue weighted by Gasteiger charge is -2.22. The molecule has 8 nitrogen and oxygen atoms in total. The molecular formula is C13H18N4O4. The number of carbonyl (C=O) groups is 1. The zero-order valence-corrected chi connectivity index (χ0v) is 11.5. The van der Waals surface area contributed by atoms with Crippen molar-refractivity contribution in [3.8, 4) is 0 Å². The van der Waals surface area contributed by atoms with Gasteiger partial charge in [0.2, 0.25) is 0 Å². The van der Waals surface area contributed by atoms with Gasteiger partial charge < -0.3 is 15.5 Å². The average molecular weight is 294 g/mol. The topological polar surface area (TPSA) is 120 Å². The van der Waals surface area contributed by atoms with E-state index < -0.39 is 10.8 Å². The molecule has 1 fully saturated rings. The highest BCUT2D eigenvalue weighted by Crippen LogP contribution is 2.27. The van der Waals surface area contributed by atoms with E-state index in [4.69, 9.17) is 10.6 Å². The second-order valence-corrected chi connectivity index (χ2v) is 4.90. The Morgan fingerprint density at radius 1 is 1.52 bits per heavy atom. The molecule has 114 valence electrons. The normalized spacial score (nSPS) is 18.0. The van der Waals surface area contributed by atoms with Crippen LogP contribution in [-0.2, 0) is 4.74 Å². The summed E-state index contributed by atoms with van der Waals surface area (Å²) in [7, 11) is 0. The van der Waals surface area contributed by atoms with Crippen LogP contribution in [0.5, 0.6) is 0 Å². The van der Waals surface area contributed by atoms with Gasteiger partial charge in [-0.2, -0.15) is 0 Å². The molecule has 1 unspecified atom stereocenters. The van der Waals surface area contributed by atoms with Crippen LogP contribution in [0, 0.1) is 16.0 Å². The fourth-order valence-corrected chi connectivity index (χ4v) is 2.34. The second-order valence-electron chi connectivity index (χ2n) is 4.90. The highest BCUT2D eigenvalue weighted by molar-refractivity contribution is 6.00. The van der Waals surface area contributed by atoms with Crippen LogP contribution in [0.15, 0.2) is 18.2 Å². The minimum Gasteiger partial charge on any atom is -0.381 e. The van der Waals surface area contributed by atoms with Crippen molar-refractivity contribution in [1.29, 1.82) is 0 Å². The van der Waals surface area contributed by atoms with Crippen LogP contribution in [0.25, 0.3) is 0 Å². The fourth-order valence-electron chi connectivity index (χ4n) is 2.34. The number of nitrogens with two attached hydrogens (primary N) is 1. The van der Waals surface area contributed by atoms with Gasteiger partial charge in [-0.1, -0.05) is 6.07 Å². The van der Waals surface area contributed by atoms with Gasteiger partial charge in [0.25, 0.3) is 5.91 Å². The quantitative estimate of drug-likeness (QED) is 0.424. The number of hydrogen-bond acceptors (Lipinski definition) is 6. The maximum Gasteiger partial charge on any atom is 0.306 e. The Bertz CT molecular complexity index is 529. The van der Waals surface area contributed by atoms with Gasteiger partial charge in [-0.25, -0.2) is 0 Å². The summed E-state index contributed by atoms with van der Waals surface area (Å²) in [4.78, 5) is 22.7. The van der Waals surface area contributed by atoms with Gasteiger partial charge in [0.05, 0.1) is 11.5 Å². The molecule has 1 heterocycles. The third kappa shape index (κ3) is 3.67. The number of benzene rings is 1. The maximum absolute atomic E-state index is 12.2. The number of amides is 1. The molecule has 0 radical (unpaired) electrons. The largest absolute Gasteiger partial charge is 0.381 e. The van der Waals surface area contributed by atoms with Crippen molar-refractivity contribution >= 4 is 17.3 Å². The molecule has 0 aromatic heterocycles. The average Bonchev–Trinajstić information content (AvgIpc) is 2.52. The number of nitrogen functional groups attached to an aromatic ring is 1. The summed E-state index contributed by atoms with van der Waals surface area (Å²) < 4.78 is 5.33. The summed E-state index contributed by atoms with van der Waals surface area (Å²) >= 11 is 0. The smallest absolute Gasteiger partial charge is 0.306 e. The Morgan fingerprint density at radius 3 is 2.95 bits per heavy atom. The molecule has 21 heavy (non-hydrogen) atoms. The lowest BCUT2D eigenvalue weighted by atomic mass is 10.0. The highest BCUT2D eigenvalue weighted by atomic mass is 16.6. The van der Waals surface area contributed by atoms with Crippen LogP contribution in [-0.4, -0.2) is 30.6 Å². The number of nitro groups is 1. The SMILES string of the molecule is NNc1cccc(C(=O)NCC2CCCOC2)c1[N+](=O)[O-]. The molecule has 0 bridgehead atoms. The summed E-state index contributed by atoms with van der Waals surface area (Å²) in [5.74, 6) is 5.01. The van der Waals surface area contributed by atoms with Crippen molar-refractivity contribution in [3.63, 3.8) is 0 Å². The monoisotopic (exact) mass is 294 g/mol. The Labute approximate surface area is 121 Å². The van der Waals surface area contributed by atoms with E-state index in [0.717, 1.165) is 19.4 Å². The first-order chi connectivity index (χ1) is 10.1. The number of rotatable bonds is 5. The van der Waals surface area contributed by atoms with Crippen LogP contribution < -0.4 is 16.6 Å². The predicted molar refractivity (Wildman–Crippen MR) is 76.8 cm³/mol. The number of hydrazine groups is 1. The fraction of sp³-hybridized carbons (Fsp3) is 0.462. The molecule has 2 rings (SSSR count). The zero-order valence-electron chi connectivity index (χ0n) is 11.5. The van der Waals surface area contributed by atoms with Crippen molar-refractivity contribution in [2.75, 3.05) is 25.2 Å². The Kier molecular flexibility index (Phi) is 5.07. The summed E-state index contributed by atoms with van der Waals surface area (Å²) in [5, 5.41) is 13.8. The summed E-state index contributed by atoms with van der Waals surface area (Å²) in [6.07, 6.45) is 1.94. The summed E-state index contributed by atoms with van der Waals surface area (Å²) in [5.41, 5.74) is 2.01. The molecule has 1 saturated heterocycles. The first-order valence-electron chi connectivity index (χ1n) is 6.73. The highest BCUT2D eigenvalue weighted by Gasteiger charge is 2.24. The molecule has 1 aliphatic heterocycles. The van der Waals surface area contributed by atoms with Crippen LogP contribution in [0.4, 0.5) is 11.4 Å². The lowest BCUT2D eigenvalue weighted by molar-refractivity contribution is -0.384. The summed E-state index contributed by atoms with van der Waals surface area (Å²) in [6.45, 7) is 1.79. The molecule has 8 heteroatoms. The van der Waals surface area contributed by atoms with E-state index in [1.54, 1.807) is 6.07 Å². The molecule has 1 aromatic rings. The number of nitro benzene ring substituents is 1. The van der Waals surface area contributed by atoms with E-state index in [2.05, 4.69) is 10.7 Å². The number of nitrogens with one attached hydrogen (secondary N) is 2. The molecule has 0 spiro atoms. The molecule has 1 aliphatic rings. The number of para-hydroxylation sites is 1. The van der Waals surface area contributed by atoms with Gasteiger partial charge in [-0.3, -0.25) is 20.8 Å². The molecule has 0 saturated carbocycles. The van der Waals surface area contributed by atoms with Crippen LogP contribution in [0.1, 0.15) is 23.2 Å². The van der Waals surface area contributed by atoms with E-state index in [9.17, 15) is 14.9 Å². The Balaban J connectivity index is 2.09. The van der Waals surface area contributed by atoms with E-state index in [-0.39, 0.29) is 22.9 Å². The number of nitrogens with zero attached hydrogens (tertiary/aromatic N) is 1. The minimum absolute atomic E-state index is 0.00724. The van der Waals surface area contributed by atoms with Crippen LogP contribution in [0.2, 0.25) is 0 Å². The molecular weight excluding hydrogens is 276 g/mol. The zero-order chi connectivity index (χ0) is 15.2. The maximum atomic E-state index is 12.2. The second kappa shape index (κ2) is 7.00. The van der Waals surface area contributed by atoms with E-state index in [0.29, 0.717) is 13.2 Å². The van der Waals surface area contributed by atoms with E-state index in [1.807, 2.05) is 0 Å². The summed E-state index contributed by atoms with van der Waals surface area (Å²) in [6, 6.07) is 4.40. The molecule has 4 N–H and O–H groups in total. The van der Waals surface area contributed by atoms with Gasteiger partial charge >= 0.3 is 5.69 Å². The van der Waals surface area contributed by atoms with Gasteiger partial charge in [0.1, 0.15) is 11.3 Å². The van der Waals surface area contributed by atoms with Crippen molar-refractivity contribution < 1.29 is 14.5 Å². The van der Waals surface area contributed by atoms with Gasteiger partial charge in [0, 0.05) is 13.2 Å². The number of hydrogen-bond donors (Lipinski definition) is 3. The van der Waals surface area contributed by atoms with Crippen LogP contribution >= 0.6 is 0 Å². The molecule has 1 aromatic carbocycles. The Hall–Kier alpha value is -2.19. The first kappa shape index (κ1) is 15.2. The third-order valence-corrected chi connectivity index (χ3v) is 3.42. The van der Waals surface area contributed by atoms with Gasteiger partial charge in [-0.15, -0.1) is 0 Å². The Morgan fingerprint density at radius 2 is 2.33 bits per heavy atom. The van der Waals surface area contributed by atoms with Gasteiger partial charge in [-0.05, 0) is 30.9 Å². The van der Waals surface area contributed by atoms with Crippen LogP contribution in [0.3, 0.4) is 0 Å². The minimum atomic E-state index is -0.617. The van der Waals surface area contributed by atoms with Crippen molar-refractivity contribution in [1.82, 2.24) is 5.32 Å². The van der Waals surface area contributed by atoms with Crippen molar-refractivity contribution in [2.24, 2.45) is 11.8 Å². The van der Waals surface area contributed by atoms with Gasteiger partial charge in [0.15, 0.2) is 0 Å². The number of ether oxygens (including phenoxy) is 1. The van der Waals surface area contributed by atoms with Crippen molar-refractivity contribution in [3.05, 3.63) is 33.9 Å². The molecule has 1 amide bonds. The number of carbonyl (C=O) groups excluding carboxylic acids is 1. The lowest BCUT2D eigenvalue weighted by Crippen LogP contribution is -2.33. The third-order valence-electron chi connectivity index (χ3n) is 3.42. The first-order valence-corrected chi connectivity index (χ1v) is 6.73. The van der Waals surface area contributed by atoms with E-state index >= 15 is 0 Å². The predicted octanol–water partition coefficient (Wildman–Crippen LogP) is 1.04. The number of anilines is 1.